The lowest BCUT2D eigenvalue weighted by atomic mass is 10.2. The van der Waals surface area contributed by atoms with E-state index in [0.717, 1.165) is 0 Å². The smallest absolute Gasteiger partial charge is 0.240 e. The van der Waals surface area contributed by atoms with Crippen molar-refractivity contribution in [2.75, 3.05) is 19.6 Å². The summed E-state index contributed by atoms with van der Waals surface area (Å²) in [6.45, 7) is 2.67. The third kappa shape index (κ3) is 3.66. The second-order valence-electron chi connectivity index (χ2n) is 3.49. The maximum atomic E-state index is 10.9. The zero-order valence-corrected chi connectivity index (χ0v) is 8.21. The zero-order chi connectivity index (χ0) is 10.6. The van der Waals surface area contributed by atoms with Crippen molar-refractivity contribution in [2.24, 2.45) is 0 Å². The summed E-state index contributed by atoms with van der Waals surface area (Å²) in [5, 5.41) is 2.22. The molecule has 1 fully saturated rings. The predicted octanol–water partition coefficient (Wildman–Crippen LogP) is -0.686. The quantitative estimate of drug-likeness (QED) is 0.607. The Labute approximate surface area is 82.4 Å². The van der Waals surface area contributed by atoms with Gasteiger partial charge in [0.1, 0.15) is 5.78 Å². The standard InChI is InChI=1S/C9H14N2O3/c1-7(12)3-2-4-11-5-8(13)10-9(14)6-11/h2-6H2,1H3,(H,10,13,14). The van der Waals surface area contributed by atoms with Gasteiger partial charge in [-0.1, -0.05) is 0 Å². The van der Waals surface area contributed by atoms with Crippen molar-refractivity contribution in [1.29, 1.82) is 0 Å². The number of hydrogen-bond acceptors (Lipinski definition) is 4. The van der Waals surface area contributed by atoms with E-state index in [-0.39, 0.29) is 30.7 Å². The van der Waals surface area contributed by atoms with Crippen LogP contribution in [0.15, 0.2) is 0 Å². The fourth-order valence-corrected chi connectivity index (χ4v) is 1.41. The van der Waals surface area contributed by atoms with Gasteiger partial charge < -0.3 is 4.79 Å². The van der Waals surface area contributed by atoms with Gasteiger partial charge in [-0.25, -0.2) is 0 Å². The molecule has 0 aliphatic carbocycles. The second kappa shape index (κ2) is 4.85. The van der Waals surface area contributed by atoms with Gasteiger partial charge in [-0.3, -0.25) is 19.8 Å². The molecule has 1 aliphatic heterocycles. The number of hydrogen-bond donors (Lipinski definition) is 1. The van der Waals surface area contributed by atoms with Gasteiger partial charge in [0, 0.05) is 6.42 Å². The number of Topliss-reactive ketones (excluding diaryl/α,β-unsaturated/α-hetero) is 1. The average molecular weight is 198 g/mol. The first-order chi connectivity index (χ1) is 6.58. The summed E-state index contributed by atoms with van der Waals surface area (Å²) in [7, 11) is 0. The van der Waals surface area contributed by atoms with Gasteiger partial charge in [0.2, 0.25) is 11.8 Å². The Morgan fingerprint density at radius 1 is 1.36 bits per heavy atom. The normalized spacial score (nSPS) is 18.1. The molecule has 1 rings (SSSR count). The lowest BCUT2D eigenvalue weighted by molar-refractivity contribution is -0.136. The highest BCUT2D eigenvalue weighted by atomic mass is 16.2. The minimum atomic E-state index is -0.260. The molecule has 1 aliphatic rings. The van der Waals surface area contributed by atoms with Gasteiger partial charge in [0.25, 0.3) is 0 Å². The van der Waals surface area contributed by atoms with Crippen molar-refractivity contribution in [3.63, 3.8) is 0 Å². The number of nitrogens with one attached hydrogen (secondary N) is 1. The lowest BCUT2D eigenvalue weighted by Gasteiger charge is -2.24. The number of rotatable bonds is 4. The van der Waals surface area contributed by atoms with Crippen LogP contribution in [-0.4, -0.2) is 42.1 Å². The topological polar surface area (TPSA) is 66.5 Å². The first-order valence-electron chi connectivity index (χ1n) is 4.62. The van der Waals surface area contributed by atoms with Gasteiger partial charge in [0.05, 0.1) is 13.1 Å². The molecule has 1 saturated heterocycles. The summed E-state index contributed by atoms with van der Waals surface area (Å²) in [5.74, 6) is -0.383. The third-order valence-electron chi connectivity index (χ3n) is 2.02. The van der Waals surface area contributed by atoms with Gasteiger partial charge >= 0.3 is 0 Å². The minimum absolute atomic E-state index is 0.137. The van der Waals surface area contributed by atoms with Crippen molar-refractivity contribution < 1.29 is 14.4 Å². The van der Waals surface area contributed by atoms with Crippen molar-refractivity contribution in [1.82, 2.24) is 10.2 Å². The molecule has 2 amide bonds. The van der Waals surface area contributed by atoms with Crippen LogP contribution < -0.4 is 5.32 Å². The van der Waals surface area contributed by atoms with E-state index in [9.17, 15) is 14.4 Å². The predicted molar refractivity (Wildman–Crippen MR) is 49.5 cm³/mol. The Balaban J connectivity index is 2.27. The van der Waals surface area contributed by atoms with Crippen LogP contribution in [0.3, 0.4) is 0 Å². The van der Waals surface area contributed by atoms with E-state index in [0.29, 0.717) is 19.4 Å². The molecule has 0 aromatic carbocycles. The first-order valence-corrected chi connectivity index (χ1v) is 4.62. The number of ketones is 1. The van der Waals surface area contributed by atoms with Crippen LogP contribution in [0.2, 0.25) is 0 Å². The fourth-order valence-electron chi connectivity index (χ4n) is 1.41. The largest absolute Gasteiger partial charge is 0.300 e. The monoisotopic (exact) mass is 198 g/mol. The van der Waals surface area contributed by atoms with Crippen LogP contribution >= 0.6 is 0 Å². The molecule has 0 aromatic heterocycles. The maximum Gasteiger partial charge on any atom is 0.240 e. The molecule has 0 bridgehead atoms. The Hall–Kier alpha value is -1.23. The maximum absolute atomic E-state index is 10.9. The van der Waals surface area contributed by atoms with Gasteiger partial charge in [-0.2, -0.15) is 0 Å². The van der Waals surface area contributed by atoms with Crippen LogP contribution in [0.5, 0.6) is 0 Å². The van der Waals surface area contributed by atoms with E-state index in [1.54, 1.807) is 4.90 Å². The number of amides is 2. The van der Waals surface area contributed by atoms with Crippen molar-refractivity contribution in [3.05, 3.63) is 0 Å². The molecule has 5 nitrogen and oxygen atoms in total. The minimum Gasteiger partial charge on any atom is -0.300 e. The highest BCUT2D eigenvalue weighted by Crippen LogP contribution is 1.99. The van der Waals surface area contributed by atoms with E-state index < -0.39 is 0 Å². The van der Waals surface area contributed by atoms with E-state index >= 15 is 0 Å². The fraction of sp³-hybridized carbons (Fsp3) is 0.667. The number of carbonyl (C=O) groups excluding carboxylic acids is 3. The molecule has 0 saturated carbocycles. The Morgan fingerprint density at radius 2 is 1.93 bits per heavy atom. The van der Waals surface area contributed by atoms with Crippen molar-refractivity contribution >= 4 is 17.6 Å². The number of carbonyl (C=O) groups is 3. The summed E-state index contributed by atoms with van der Waals surface area (Å²) in [6.07, 6.45) is 1.21. The molecule has 0 spiro atoms. The average Bonchev–Trinajstić information content (AvgIpc) is 2.01. The van der Waals surface area contributed by atoms with Crippen LogP contribution in [0, 0.1) is 0 Å². The highest BCUT2D eigenvalue weighted by molar-refractivity contribution is 5.99. The third-order valence-corrected chi connectivity index (χ3v) is 2.02. The van der Waals surface area contributed by atoms with Gasteiger partial charge in [-0.05, 0) is 19.9 Å². The van der Waals surface area contributed by atoms with E-state index in [1.165, 1.54) is 6.92 Å². The molecule has 0 atom stereocenters. The molecular weight excluding hydrogens is 184 g/mol. The number of imide groups is 1. The van der Waals surface area contributed by atoms with Gasteiger partial charge in [-0.15, -0.1) is 0 Å². The Kier molecular flexibility index (Phi) is 3.76. The Morgan fingerprint density at radius 3 is 2.43 bits per heavy atom. The van der Waals surface area contributed by atoms with E-state index in [1.807, 2.05) is 0 Å². The summed E-state index contributed by atoms with van der Waals surface area (Å²) >= 11 is 0. The van der Waals surface area contributed by atoms with Crippen LogP contribution in [0.4, 0.5) is 0 Å². The highest BCUT2D eigenvalue weighted by Gasteiger charge is 2.21. The van der Waals surface area contributed by atoms with Gasteiger partial charge in [0.15, 0.2) is 0 Å². The summed E-state index contributed by atoms with van der Waals surface area (Å²) < 4.78 is 0. The molecule has 14 heavy (non-hydrogen) atoms. The van der Waals surface area contributed by atoms with Crippen LogP contribution in [0.25, 0.3) is 0 Å². The van der Waals surface area contributed by atoms with Crippen LogP contribution in [-0.2, 0) is 14.4 Å². The molecule has 0 unspecified atom stereocenters. The first kappa shape index (κ1) is 10.8. The summed E-state index contributed by atoms with van der Waals surface area (Å²) in [5.41, 5.74) is 0. The SMILES string of the molecule is CC(=O)CCCN1CC(=O)NC(=O)C1. The summed E-state index contributed by atoms with van der Waals surface area (Å²) in [4.78, 5) is 34.3. The molecule has 78 valence electrons. The summed E-state index contributed by atoms with van der Waals surface area (Å²) in [6, 6.07) is 0. The second-order valence-corrected chi connectivity index (χ2v) is 3.49. The molecule has 1 N–H and O–H groups in total. The van der Waals surface area contributed by atoms with E-state index in [2.05, 4.69) is 5.32 Å². The number of nitrogens with zero attached hydrogens (tertiary/aromatic N) is 1. The van der Waals surface area contributed by atoms with E-state index in [4.69, 9.17) is 0 Å². The number of piperazine rings is 1. The zero-order valence-electron chi connectivity index (χ0n) is 8.21. The molecular formula is C9H14N2O3. The van der Waals surface area contributed by atoms with Crippen molar-refractivity contribution in [3.8, 4) is 0 Å². The molecule has 1 heterocycles. The lowest BCUT2D eigenvalue weighted by Crippen LogP contribution is -2.51. The molecule has 5 heteroatoms. The molecule has 0 radical (unpaired) electrons. The molecule has 0 aromatic rings. The Bertz CT molecular complexity index is 247. The van der Waals surface area contributed by atoms with Crippen LogP contribution in [0.1, 0.15) is 19.8 Å². The van der Waals surface area contributed by atoms with Crippen molar-refractivity contribution in [2.45, 2.75) is 19.8 Å².